The van der Waals surface area contributed by atoms with E-state index in [9.17, 15) is 62.1 Å². The molecule has 0 fully saturated rings. The van der Waals surface area contributed by atoms with E-state index in [2.05, 4.69) is 40.9 Å². The molecule has 0 bridgehead atoms. The fraction of sp³-hybridized carbons (Fsp3) is 0. The van der Waals surface area contributed by atoms with Crippen LogP contribution in [0.25, 0.3) is 70.6 Å². The minimum atomic E-state index is -4.96. The van der Waals surface area contributed by atoms with E-state index >= 15 is 0 Å². The van der Waals surface area contributed by atoms with Gasteiger partial charge in [-0.3, -0.25) is 18.2 Å². The second kappa shape index (κ2) is 18.4. The number of hydrogen-bond acceptors (Lipinski definition) is 18. The first-order valence-electron chi connectivity index (χ1n) is 22.1. The Hall–Kier alpha value is -9.06. The Morgan fingerprint density at radius 3 is 1.40 bits per heavy atom. The predicted octanol–water partition coefficient (Wildman–Crippen LogP) is 11.8. The molecule has 0 saturated carbocycles. The first-order chi connectivity index (χ1) is 36.5. The SMILES string of the molecule is O=S(=O)(O)c1ccc2c(N=Nc3ccc(N=Nc4cccc5c(O)cccc45)c4ccc(S(=O)(=O)O)cc34)ccc(N=Nc3ccc4cc(-n5nc6ccc7c(S(=O)(=O)O)cc(S(=O)(=O)O)cc7c6n5)ccc4c3O)c2c1. The Bertz CT molecular complexity index is 4980. The van der Waals surface area contributed by atoms with Gasteiger partial charge in [0.15, 0.2) is 5.75 Å². The lowest BCUT2D eigenvalue weighted by molar-refractivity contribution is 0.478. The van der Waals surface area contributed by atoms with Crippen LogP contribution in [0.3, 0.4) is 0 Å². The summed E-state index contributed by atoms with van der Waals surface area (Å²) < 4.78 is 137. The number of rotatable bonds is 11. The highest BCUT2D eigenvalue weighted by molar-refractivity contribution is 7.87. The molecule has 1 heterocycles. The Morgan fingerprint density at radius 1 is 0.364 bits per heavy atom. The molecule has 27 heteroatoms. The lowest BCUT2D eigenvalue weighted by atomic mass is 10.1. The van der Waals surface area contributed by atoms with Gasteiger partial charge in [-0.15, -0.1) is 40.9 Å². The van der Waals surface area contributed by atoms with Crippen molar-refractivity contribution >= 4 is 139 Å². The average molecular weight is 1110 g/mol. The Kier molecular flexibility index (Phi) is 11.9. The summed E-state index contributed by atoms with van der Waals surface area (Å²) in [7, 11) is -19.3. The van der Waals surface area contributed by atoms with Crippen LogP contribution in [-0.2, 0) is 40.5 Å². The van der Waals surface area contributed by atoms with Gasteiger partial charge in [0.2, 0.25) is 0 Å². The molecular formula is C50H31N9O14S4. The van der Waals surface area contributed by atoms with Crippen molar-refractivity contribution in [3.05, 3.63) is 152 Å². The van der Waals surface area contributed by atoms with Crippen LogP contribution in [-0.4, -0.2) is 77.1 Å². The number of azo groups is 3. The summed E-state index contributed by atoms with van der Waals surface area (Å²) in [6.07, 6.45) is 0. The molecule has 11 aromatic rings. The van der Waals surface area contributed by atoms with Gasteiger partial charge in [-0.05, 0) is 109 Å². The molecule has 23 nitrogen and oxygen atoms in total. The van der Waals surface area contributed by atoms with Crippen molar-refractivity contribution in [2.24, 2.45) is 30.7 Å². The van der Waals surface area contributed by atoms with Gasteiger partial charge in [0.1, 0.15) is 27.4 Å². The average Bonchev–Trinajstić information content (AvgIpc) is 3.95. The van der Waals surface area contributed by atoms with Crippen molar-refractivity contribution in [3.8, 4) is 17.2 Å². The first kappa shape index (κ1) is 50.1. The first-order valence-corrected chi connectivity index (χ1v) is 27.8. The highest BCUT2D eigenvalue weighted by Gasteiger charge is 2.24. The normalized spacial score (nSPS) is 13.0. The molecule has 0 aliphatic carbocycles. The van der Waals surface area contributed by atoms with E-state index < -0.39 is 60.1 Å². The number of phenolic OH excluding ortho intramolecular Hbond substituents is 2. The zero-order valence-electron chi connectivity index (χ0n) is 38.5. The maximum atomic E-state index is 12.4. The van der Waals surface area contributed by atoms with Gasteiger partial charge in [-0.1, -0.05) is 48.5 Å². The van der Waals surface area contributed by atoms with Crippen LogP contribution in [0.15, 0.2) is 202 Å². The summed E-state index contributed by atoms with van der Waals surface area (Å²) in [4.78, 5) is -1.34. The van der Waals surface area contributed by atoms with Gasteiger partial charge in [-0.2, -0.15) is 38.5 Å². The maximum Gasteiger partial charge on any atom is 0.295 e. The van der Waals surface area contributed by atoms with Gasteiger partial charge >= 0.3 is 0 Å². The van der Waals surface area contributed by atoms with Crippen LogP contribution >= 0.6 is 0 Å². The molecule has 384 valence electrons. The quantitative estimate of drug-likeness (QED) is 0.0517. The molecule has 77 heavy (non-hydrogen) atoms. The number of hydrogen-bond donors (Lipinski definition) is 6. The topological polar surface area (TPSA) is 363 Å². The number of nitrogens with zero attached hydrogens (tertiary/aromatic N) is 9. The molecule has 0 radical (unpaired) electrons. The van der Waals surface area contributed by atoms with E-state index in [1.54, 1.807) is 54.6 Å². The molecule has 0 saturated heterocycles. The van der Waals surface area contributed by atoms with Gasteiger partial charge < -0.3 is 10.2 Å². The molecule has 0 aliphatic rings. The summed E-state index contributed by atoms with van der Waals surface area (Å²) in [6.45, 7) is 0. The third kappa shape index (κ3) is 9.44. The van der Waals surface area contributed by atoms with E-state index in [1.165, 1.54) is 77.6 Å². The number of aromatic nitrogens is 3. The van der Waals surface area contributed by atoms with E-state index in [1.807, 2.05) is 0 Å². The van der Waals surface area contributed by atoms with Gasteiger partial charge in [0, 0.05) is 48.5 Å². The van der Waals surface area contributed by atoms with E-state index in [-0.39, 0.29) is 77.6 Å². The summed E-state index contributed by atoms with van der Waals surface area (Å²) >= 11 is 0. The maximum absolute atomic E-state index is 12.4. The fourth-order valence-electron chi connectivity index (χ4n) is 8.67. The van der Waals surface area contributed by atoms with Crippen LogP contribution in [0, 0.1) is 0 Å². The Morgan fingerprint density at radius 2 is 0.831 bits per heavy atom. The third-order valence-electron chi connectivity index (χ3n) is 12.3. The Labute approximate surface area is 433 Å². The lowest BCUT2D eigenvalue weighted by Crippen LogP contribution is -2.04. The zero-order chi connectivity index (χ0) is 54.3. The van der Waals surface area contributed by atoms with Gasteiger partial charge in [-0.25, -0.2) is 0 Å². The van der Waals surface area contributed by atoms with Gasteiger partial charge in [0.25, 0.3) is 40.5 Å². The monoisotopic (exact) mass is 1110 g/mol. The third-order valence-corrected chi connectivity index (χ3v) is 15.8. The number of phenols is 2. The minimum Gasteiger partial charge on any atom is -0.507 e. The van der Waals surface area contributed by atoms with Crippen LogP contribution in [0.2, 0.25) is 0 Å². The van der Waals surface area contributed by atoms with Crippen LogP contribution in [0.1, 0.15) is 0 Å². The standard InChI is InChI=1S/C50H31N9O14S4/c60-47-6-2-3-32-35(47)4-1-5-40(32)51-52-41-17-19-43(37-22-28(74(62,63)64)9-12-33(37)41)54-53-42-18-20-44(38-23-29(75(65,66)67)10-13-34(38)42)55-56-46-15-7-26-21-27(8-11-31(26)50(46)61)59-57-45-16-14-36-39(49(45)58-59)24-30(76(68,69)70)25-48(36)77(71,72)73/h1-25,60-61H,(H,62,63,64)(H,65,66,67)(H,68,69,70)(H,71,72,73). The van der Waals surface area contributed by atoms with Crippen molar-refractivity contribution in [3.63, 3.8) is 0 Å². The molecule has 1 aromatic heterocycles. The van der Waals surface area contributed by atoms with Crippen molar-refractivity contribution < 1.29 is 62.1 Å². The summed E-state index contributed by atoms with van der Waals surface area (Å²) in [5.74, 6) is -0.268. The molecule has 0 atom stereocenters. The largest absolute Gasteiger partial charge is 0.507 e. The van der Waals surface area contributed by atoms with Crippen molar-refractivity contribution in [2.45, 2.75) is 19.6 Å². The summed E-state index contributed by atoms with van der Waals surface area (Å²) in [5, 5.41) is 59.7. The molecule has 0 unspecified atom stereocenters. The predicted molar refractivity (Wildman–Crippen MR) is 281 cm³/mol. The van der Waals surface area contributed by atoms with Crippen LogP contribution in [0.5, 0.6) is 11.5 Å². The molecule has 6 N–H and O–H groups in total. The zero-order valence-corrected chi connectivity index (χ0v) is 41.8. The smallest absolute Gasteiger partial charge is 0.295 e. The van der Waals surface area contributed by atoms with Crippen LogP contribution < -0.4 is 0 Å². The molecule has 0 aliphatic heterocycles. The van der Waals surface area contributed by atoms with Crippen molar-refractivity contribution in [2.75, 3.05) is 0 Å². The number of benzene rings is 10. The lowest BCUT2D eigenvalue weighted by Gasteiger charge is -2.09. The number of aromatic hydroxyl groups is 2. The Balaban J connectivity index is 0.935. The van der Waals surface area contributed by atoms with Gasteiger partial charge in [0.05, 0.1) is 48.8 Å². The number of fused-ring (bicyclic) bond motifs is 7. The van der Waals surface area contributed by atoms with E-state index in [0.29, 0.717) is 44.7 Å². The molecule has 0 amide bonds. The molecule has 0 spiro atoms. The fourth-order valence-corrected chi connectivity index (χ4v) is 11.0. The second-order valence-electron chi connectivity index (χ2n) is 17.1. The minimum absolute atomic E-state index is 0.0256. The molecular weight excluding hydrogens is 1080 g/mol. The highest BCUT2D eigenvalue weighted by atomic mass is 32.2. The van der Waals surface area contributed by atoms with Crippen molar-refractivity contribution in [1.82, 2.24) is 15.0 Å². The molecule has 11 rings (SSSR count). The summed E-state index contributed by atoms with van der Waals surface area (Å²) in [5.41, 5.74) is 1.61. The van der Waals surface area contributed by atoms with E-state index in [0.717, 1.165) is 18.2 Å². The van der Waals surface area contributed by atoms with E-state index in [4.69, 9.17) is 0 Å². The van der Waals surface area contributed by atoms with Crippen LogP contribution in [0.4, 0.5) is 34.1 Å². The second-order valence-corrected chi connectivity index (χ2v) is 22.7. The molecule has 10 aromatic carbocycles. The highest BCUT2D eigenvalue weighted by Crippen LogP contribution is 2.42. The summed E-state index contributed by atoms with van der Waals surface area (Å²) in [6, 6.07) is 35.5. The van der Waals surface area contributed by atoms with Crippen molar-refractivity contribution in [1.29, 1.82) is 0 Å².